The van der Waals surface area contributed by atoms with Gasteiger partial charge in [-0.25, -0.2) is 0 Å². The highest BCUT2D eigenvalue weighted by Crippen LogP contribution is 2.21. The molecule has 6 heteroatoms. The fourth-order valence-corrected chi connectivity index (χ4v) is 4.45. The van der Waals surface area contributed by atoms with Gasteiger partial charge in [0.25, 0.3) is 5.91 Å². The maximum absolute atomic E-state index is 12.8. The van der Waals surface area contributed by atoms with Crippen molar-refractivity contribution in [2.45, 2.75) is 38.8 Å². The van der Waals surface area contributed by atoms with Crippen LogP contribution >= 0.6 is 0 Å². The van der Waals surface area contributed by atoms with E-state index < -0.39 is 0 Å². The summed E-state index contributed by atoms with van der Waals surface area (Å²) in [6.07, 6.45) is 5.27. The highest BCUT2D eigenvalue weighted by molar-refractivity contribution is 5.94. The first-order chi connectivity index (χ1) is 15.2. The predicted molar refractivity (Wildman–Crippen MR) is 122 cm³/mol. The van der Waals surface area contributed by atoms with E-state index in [4.69, 9.17) is 4.74 Å². The molecular weight excluding hydrogens is 388 g/mol. The third-order valence-electron chi connectivity index (χ3n) is 6.25. The largest absolute Gasteiger partial charge is 0.490 e. The van der Waals surface area contributed by atoms with E-state index >= 15 is 0 Å². The Hall–Kier alpha value is -2.44. The van der Waals surface area contributed by atoms with Gasteiger partial charge in [0.05, 0.1) is 5.69 Å². The van der Waals surface area contributed by atoms with Gasteiger partial charge in [-0.1, -0.05) is 13.0 Å². The lowest BCUT2D eigenvalue weighted by Crippen LogP contribution is -2.48. The van der Waals surface area contributed by atoms with Crippen molar-refractivity contribution in [1.82, 2.24) is 19.7 Å². The molecule has 1 aromatic heterocycles. The number of pyridine rings is 1. The van der Waals surface area contributed by atoms with Crippen LogP contribution in [0.5, 0.6) is 5.75 Å². The van der Waals surface area contributed by atoms with Gasteiger partial charge in [-0.05, 0) is 62.2 Å². The Bertz CT molecular complexity index is 811. The Labute approximate surface area is 185 Å². The summed E-state index contributed by atoms with van der Waals surface area (Å²) < 4.78 is 6.20. The maximum atomic E-state index is 12.8. The molecule has 2 aromatic rings. The van der Waals surface area contributed by atoms with E-state index in [-0.39, 0.29) is 12.0 Å². The van der Waals surface area contributed by atoms with E-state index in [1.165, 1.54) is 6.42 Å². The van der Waals surface area contributed by atoms with Gasteiger partial charge < -0.3 is 9.64 Å². The van der Waals surface area contributed by atoms with E-state index in [1.54, 1.807) is 0 Å². The second kappa shape index (κ2) is 10.7. The van der Waals surface area contributed by atoms with Crippen molar-refractivity contribution in [3.05, 3.63) is 59.9 Å². The Morgan fingerprint density at radius 1 is 0.968 bits per heavy atom. The lowest BCUT2D eigenvalue weighted by molar-refractivity contribution is 0.0637. The highest BCUT2D eigenvalue weighted by atomic mass is 16.5. The number of rotatable bonds is 7. The summed E-state index contributed by atoms with van der Waals surface area (Å²) in [4.78, 5) is 24.1. The average Bonchev–Trinajstić information content (AvgIpc) is 2.82. The van der Waals surface area contributed by atoms with E-state index in [2.05, 4.69) is 27.8 Å². The van der Waals surface area contributed by atoms with Crippen LogP contribution in [0.1, 0.15) is 42.2 Å². The molecule has 1 aromatic carbocycles. The van der Waals surface area contributed by atoms with Crippen molar-refractivity contribution in [1.29, 1.82) is 0 Å². The number of hydrogen-bond acceptors (Lipinski definition) is 5. The number of piperidine rings is 1. The van der Waals surface area contributed by atoms with Crippen molar-refractivity contribution < 1.29 is 9.53 Å². The lowest BCUT2D eigenvalue weighted by Gasteiger charge is -2.34. The minimum Gasteiger partial charge on any atom is -0.490 e. The Kier molecular flexibility index (Phi) is 7.54. The average molecular weight is 423 g/mol. The van der Waals surface area contributed by atoms with Crippen LogP contribution in [0.25, 0.3) is 0 Å². The fraction of sp³-hybridized carbons (Fsp3) is 0.520. The lowest BCUT2D eigenvalue weighted by atomic mass is 10.1. The van der Waals surface area contributed by atoms with Crippen molar-refractivity contribution in [3.63, 3.8) is 0 Å². The molecule has 2 aliphatic rings. The molecule has 0 unspecified atom stereocenters. The molecule has 0 bridgehead atoms. The van der Waals surface area contributed by atoms with Crippen LogP contribution < -0.4 is 4.74 Å². The molecule has 0 atom stereocenters. The van der Waals surface area contributed by atoms with Crippen LogP contribution in [0.15, 0.2) is 48.7 Å². The Balaban J connectivity index is 1.22. The van der Waals surface area contributed by atoms with E-state index in [9.17, 15) is 4.79 Å². The zero-order valence-corrected chi connectivity index (χ0v) is 18.6. The molecule has 2 aliphatic heterocycles. The van der Waals surface area contributed by atoms with Crippen LogP contribution in [0.3, 0.4) is 0 Å². The summed E-state index contributed by atoms with van der Waals surface area (Å²) in [5.74, 6) is 0.984. The maximum Gasteiger partial charge on any atom is 0.253 e. The second-order valence-electron chi connectivity index (χ2n) is 8.57. The molecule has 0 aliphatic carbocycles. The Morgan fingerprint density at radius 2 is 1.71 bits per heavy atom. The number of amides is 1. The van der Waals surface area contributed by atoms with E-state index in [0.29, 0.717) is 0 Å². The molecule has 1 amide bonds. The van der Waals surface area contributed by atoms with E-state index in [0.717, 1.165) is 82.2 Å². The standard InChI is InChI=1S/C25H34N4O2/c1-2-13-27-16-18-29(19-17-27)25(30)21-6-8-23(9-7-21)31-24-10-14-28(15-11-24)20-22-5-3-4-12-26-22/h3-9,12,24H,2,10-11,13-20H2,1H3. The van der Waals surface area contributed by atoms with Crippen molar-refractivity contribution in [2.75, 3.05) is 45.8 Å². The molecule has 6 nitrogen and oxygen atoms in total. The molecule has 3 heterocycles. The van der Waals surface area contributed by atoms with Gasteiger partial charge in [-0.15, -0.1) is 0 Å². The van der Waals surface area contributed by atoms with Gasteiger partial charge in [0.1, 0.15) is 11.9 Å². The van der Waals surface area contributed by atoms with Crippen LogP contribution in [0, 0.1) is 0 Å². The van der Waals surface area contributed by atoms with Crippen LogP contribution in [0.4, 0.5) is 0 Å². The van der Waals surface area contributed by atoms with Crippen LogP contribution in [0.2, 0.25) is 0 Å². The molecule has 2 fully saturated rings. The topological polar surface area (TPSA) is 48.9 Å². The summed E-state index contributed by atoms with van der Waals surface area (Å²) in [7, 11) is 0. The number of piperazine rings is 1. The summed E-state index contributed by atoms with van der Waals surface area (Å²) in [6.45, 7) is 9.82. The molecule has 31 heavy (non-hydrogen) atoms. The number of benzene rings is 1. The summed E-state index contributed by atoms with van der Waals surface area (Å²) >= 11 is 0. The molecule has 0 spiro atoms. The van der Waals surface area contributed by atoms with Crippen molar-refractivity contribution >= 4 is 5.91 Å². The predicted octanol–water partition coefficient (Wildman–Crippen LogP) is 3.29. The number of likely N-dealkylation sites (tertiary alicyclic amines) is 1. The van der Waals surface area contributed by atoms with Gasteiger partial charge in [0, 0.05) is 57.6 Å². The number of ether oxygens (including phenoxy) is 1. The van der Waals surface area contributed by atoms with Gasteiger partial charge in [0.2, 0.25) is 0 Å². The smallest absolute Gasteiger partial charge is 0.253 e. The fourth-order valence-electron chi connectivity index (χ4n) is 4.45. The number of nitrogens with zero attached hydrogens (tertiary/aromatic N) is 4. The number of carbonyl (C=O) groups is 1. The second-order valence-corrected chi connectivity index (χ2v) is 8.57. The first kappa shape index (κ1) is 21.8. The first-order valence-electron chi connectivity index (χ1n) is 11.6. The summed E-state index contributed by atoms with van der Waals surface area (Å²) in [5.41, 5.74) is 1.87. The highest BCUT2D eigenvalue weighted by Gasteiger charge is 2.23. The summed E-state index contributed by atoms with van der Waals surface area (Å²) in [6, 6.07) is 13.8. The van der Waals surface area contributed by atoms with Crippen molar-refractivity contribution in [3.8, 4) is 5.75 Å². The van der Waals surface area contributed by atoms with Gasteiger partial charge in [0.15, 0.2) is 0 Å². The molecule has 2 saturated heterocycles. The molecule has 0 N–H and O–H groups in total. The third-order valence-corrected chi connectivity index (χ3v) is 6.25. The summed E-state index contributed by atoms with van der Waals surface area (Å²) in [5, 5.41) is 0. The van der Waals surface area contributed by atoms with Crippen molar-refractivity contribution in [2.24, 2.45) is 0 Å². The van der Waals surface area contributed by atoms with Gasteiger partial charge >= 0.3 is 0 Å². The van der Waals surface area contributed by atoms with Crippen LogP contribution in [-0.4, -0.2) is 77.5 Å². The zero-order chi connectivity index (χ0) is 21.5. The molecular formula is C25H34N4O2. The quantitative estimate of drug-likeness (QED) is 0.685. The minimum atomic E-state index is 0.130. The molecule has 166 valence electrons. The third kappa shape index (κ3) is 6.05. The zero-order valence-electron chi connectivity index (χ0n) is 18.6. The number of aromatic nitrogens is 1. The molecule has 0 saturated carbocycles. The molecule has 0 radical (unpaired) electrons. The minimum absolute atomic E-state index is 0.130. The SMILES string of the molecule is CCCN1CCN(C(=O)c2ccc(OC3CCN(Cc4ccccn4)CC3)cc2)CC1. The number of hydrogen-bond donors (Lipinski definition) is 0. The molecule has 4 rings (SSSR count). The normalized spacial score (nSPS) is 18.8. The van der Waals surface area contributed by atoms with E-state index in [1.807, 2.05) is 47.5 Å². The Morgan fingerprint density at radius 3 is 2.35 bits per heavy atom. The monoisotopic (exact) mass is 422 g/mol. The van der Waals surface area contributed by atoms with Gasteiger partial charge in [-0.2, -0.15) is 0 Å². The van der Waals surface area contributed by atoms with Gasteiger partial charge in [-0.3, -0.25) is 19.6 Å². The first-order valence-corrected chi connectivity index (χ1v) is 11.6. The number of carbonyl (C=O) groups excluding carboxylic acids is 1. The van der Waals surface area contributed by atoms with Crippen LogP contribution in [-0.2, 0) is 6.54 Å².